The molecule has 1 nitrogen and oxygen atoms in total. The van der Waals surface area contributed by atoms with Crippen LogP contribution in [0.3, 0.4) is 0 Å². The van der Waals surface area contributed by atoms with Crippen molar-refractivity contribution in [2.24, 2.45) is 0 Å². The van der Waals surface area contributed by atoms with E-state index in [4.69, 9.17) is 11.6 Å². The van der Waals surface area contributed by atoms with E-state index in [0.717, 1.165) is 0 Å². The lowest BCUT2D eigenvalue weighted by atomic mass is 10.6. The molecule has 0 N–H and O–H groups in total. The van der Waals surface area contributed by atoms with Crippen LogP contribution < -0.4 is 0 Å². The van der Waals surface area contributed by atoms with Gasteiger partial charge < -0.3 is 0 Å². The Morgan fingerprint density at radius 1 is 1.40 bits per heavy atom. The van der Waals surface area contributed by atoms with Crippen LogP contribution in [0.4, 0.5) is 0 Å². The summed E-state index contributed by atoms with van der Waals surface area (Å²) in [6.07, 6.45) is 5.33. The van der Waals surface area contributed by atoms with Crippen molar-refractivity contribution in [3.05, 3.63) is 34.5 Å². The van der Waals surface area contributed by atoms with E-state index in [9.17, 15) is 4.79 Å². The van der Waals surface area contributed by atoms with Crippen molar-refractivity contribution >= 4 is 27.7 Å². The maximum atomic E-state index is 10.2. The zero-order chi connectivity index (χ0) is 7.40. The van der Waals surface area contributed by atoms with Gasteiger partial charge in [0.2, 0.25) is 5.24 Å². The van der Waals surface area contributed by atoms with Crippen molar-refractivity contribution in [1.82, 2.24) is 0 Å². The molecule has 0 spiro atoms. The Bertz CT molecular complexity index is 206. The van der Waals surface area contributed by atoms with E-state index in [1.807, 2.05) is 28.4 Å². The van der Waals surface area contributed by atoms with E-state index in [0.29, 0.717) is 0 Å². The quantitative estimate of drug-likeness (QED) is 0.386. The van der Waals surface area contributed by atoms with Crippen molar-refractivity contribution in [3.63, 3.8) is 0 Å². The fraction of sp³-hybridized carbons (Fsp3) is 0. The summed E-state index contributed by atoms with van der Waals surface area (Å²) in [5.74, 6) is 0. The topological polar surface area (TPSA) is 17.1 Å². The normalized spacial score (nSPS) is 19.1. The lowest BCUT2D eigenvalue weighted by molar-refractivity contribution is -0.107. The molecule has 1 rings (SSSR count). The molecule has 1 aliphatic heterocycles. The molecule has 0 aromatic heterocycles. The highest BCUT2D eigenvalue weighted by Crippen LogP contribution is 2.33. The van der Waals surface area contributed by atoms with Gasteiger partial charge in [-0.2, -0.15) is 10.9 Å². The number of hydrogen-bond acceptors (Lipinski definition) is 1. The molecule has 0 bridgehead atoms. The first-order valence-electron chi connectivity index (χ1n) is 2.79. The number of hydrogen-bond donors (Lipinski definition) is 1. The Morgan fingerprint density at radius 2 is 2.00 bits per heavy atom. The highest BCUT2D eigenvalue weighted by Gasteiger charge is 1.92. The molecule has 0 saturated heterocycles. The van der Waals surface area contributed by atoms with E-state index in [2.05, 4.69) is 0 Å². The number of carbonyl (C=O) groups excluding carboxylic acids is 1. The molecule has 0 aliphatic carbocycles. The minimum Gasteiger partial charge on any atom is -0.276 e. The van der Waals surface area contributed by atoms with Crippen LogP contribution in [0.15, 0.2) is 34.5 Å². The van der Waals surface area contributed by atoms with Crippen LogP contribution in [0, 0.1) is 0 Å². The molecule has 0 atom stereocenters. The van der Waals surface area contributed by atoms with Gasteiger partial charge in [-0.1, -0.05) is 12.2 Å². The minimum absolute atomic E-state index is 0.325. The van der Waals surface area contributed by atoms with Gasteiger partial charge in [-0.25, -0.2) is 0 Å². The maximum absolute atomic E-state index is 10.2. The SMILES string of the molecule is O=C(Cl)C=C[SH]1C=CC=C1. The van der Waals surface area contributed by atoms with Crippen LogP contribution in [0.25, 0.3) is 0 Å². The van der Waals surface area contributed by atoms with Gasteiger partial charge >= 0.3 is 0 Å². The second-order valence-corrected chi connectivity index (χ2v) is 3.91. The van der Waals surface area contributed by atoms with Crippen LogP contribution >= 0.6 is 22.5 Å². The van der Waals surface area contributed by atoms with Crippen molar-refractivity contribution in [1.29, 1.82) is 0 Å². The van der Waals surface area contributed by atoms with Gasteiger partial charge in [0.15, 0.2) is 0 Å². The van der Waals surface area contributed by atoms with E-state index >= 15 is 0 Å². The summed E-state index contributed by atoms with van der Waals surface area (Å²) in [7, 11) is -0.325. The Balaban J connectivity index is 2.46. The third-order valence-electron chi connectivity index (χ3n) is 1.01. The molecule has 1 heterocycles. The summed E-state index contributed by atoms with van der Waals surface area (Å²) in [6, 6.07) is 0. The first kappa shape index (κ1) is 7.63. The van der Waals surface area contributed by atoms with Crippen LogP contribution in [0.2, 0.25) is 0 Å². The van der Waals surface area contributed by atoms with Crippen molar-refractivity contribution in [2.45, 2.75) is 0 Å². The number of rotatable bonds is 2. The average Bonchev–Trinajstić information content (AvgIpc) is 2.34. The van der Waals surface area contributed by atoms with Gasteiger partial charge in [-0.05, 0) is 27.8 Å². The second kappa shape index (κ2) is 3.64. The van der Waals surface area contributed by atoms with Crippen molar-refractivity contribution in [2.75, 3.05) is 0 Å². The summed E-state index contributed by atoms with van der Waals surface area (Å²) >= 11 is 5.09. The number of allylic oxidation sites excluding steroid dienone is 3. The molecule has 3 heteroatoms. The Kier molecular flexibility index (Phi) is 2.78. The van der Waals surface area contributed by atoms with Crippen molar-refractivity contribution < 1.29 is 4.79 Å². The minimum atomic E-state index is -0.406. The van der Waals surface area contributed by atoms with E-state index in [1.54, 1.807) is 0 Å². The standard InChI is InChI=1S/C7H7ClOS/c8-7(9)3-6-10-4-1-2-5-10/h1-6,10H. The Labute approximate surface area is 67.4 Å². The second-order valence-electron chi connectivity index (χ2n) is 1.75. The zero-order valence-electron chi connectivity index (χ0n) is 5.20. The van der Waals surface area contributed by atoms with E-state index in [-0.39, 0.29) is 10.9 Å². The van der Waals surface area contributed by atoms with E-state index in [1.165, 1.54) is 6.08 Å². The van der Waals surface area contributed by atoms with Gasteiger partial charge in [0.1, 0.15) is 0 Å². The van der Waals surface area contributed by atoms with Gasteiger partial charge in [-0.3, -0.25) is 4.79 Å². The van der Waals surface area contributed by atoms with Gasteiger partial charge in [0, 0.05) is 6.08 Å². The smallest absolute Gasteiger partial charge is 0.245 e. The van der Waals surface area contributed by atoms with Crippen LogP contribution in [-0.2, 0) is 4.79 Å². The molecule has 0 unspecified atom stereocenters. The molecule has 0 aromatic rings. The average molecular weight is 175 g/mol. The lowest BCUT2D eigenvalue weighted by Gasteiger charge is -1.97. The predicted octanol–water partition coefficient (Wildman–Crippen LogP) is 2.31. The van der Waals surface area contributed by atoms with E-state index < -0.39 is 5.24 Å². The number of thiol groups is 1. The summed E-state index contributed by atoms with van der Waals surface area (Å²) < 4.78 is 0. The molecular formula is C7H7ClOS. The highest BCUT2D eigenvalue weighted by atomic mass is 35.5. The van der Waals surface area contributed by atoms with Gasteiger partial charge in [-0.15, -0.1) is 0 Å². The third kappa shape index (κ3) is 2.42. The largest absolute Gasteiger partial charge is 0.276 e. The third-order valence-corrected chi connectivity index (χ3v) is 2.66. The fourth-order valence-corrected chi connectivity index (χ4v) is 1.94. The monoisotopic (exact) mass is 174 g/mol. The highest BCUT2D eigenvalue weighted by molar-refractivity contribution is 8.24. The Morgan fingerprint density at radius 3 is 2.50 bits per heavy atom. The molecule has 1 aliphatic rings. The number of carbonyl (C=O) groups is 1. The molecule has 0 aromatic carbocycles. The predicted molar refractivity (Wildman–Crippen MR) is 47.3 cm³/mol. The molecule has 0 saturated carbocycles. The molecule has 0 amide bonds. The van der Waals surface area contributed by atoms with Crippen LogP contribution in [0.1, 0.15) is 0 Å². The summed E-state index contributed by atoms with van der Waals surface area (Å²) in [5, 5.41) is 5.51. The lowest BCUT2D eigenvalue weighted by Crippen LogP contribution is -1.72. The summed E-state index contributed by atoms with van der Waals surface area (Å²) in [4.78, 5) is 10.2. The van der Waals surface area contributed by atoms with Crippen molar-refractivity contribution in [3.8, 4) is 0 Å². The van der Waals surface area contributed by atoms with Crippen LogP contribution in [0.5, 0.6) is 0 Å². The van der Waals surface area contributed by atoms with Crippen LogP contribution in [-0.4, -0.2) is 5.24 Å². The number of halogens is 1. The molecule has 0 fully saturated rings. The Hall–Kier alpha value is -0.470. The molecule has 0 radical (unpaired) electrons. The maximum Gasteiger partial charge on any atom is 0.245 e. The zero-order valence-corrected chi connectivity index (χ0v) is 6.85. The first-order valence-corrected chi connectivity index (χ1v) is 4.72. The molecule has 54 valence electrons. The van der Waals surface area contributed by atoms with Gasteiger partial charge in [0.25, 0.3) is 0 Å². The fourth-order valence-electron chi connectivity index (χ4n) is 0.592. The first-order chi connectivity index (χ1) is 4.79. The summed E-state index contributed by atoms with van der Waals surface area (Å²) in [6.45, 7) is 0. The van der Waals surface area contributed by atoms with Gasteiger partial charge in [0.05, 0.1) is 0 Å². The molecule has 10 heavy (non-hydrogen) atoms. The summed E-state index contributed by atoms with van der Waals surface area (Å²) in [5.41, 5.74) is 0. The molecular weight excluding hydrogens is 168 g/mol.